The third-order valence-corrected chi connectivity index (χ3v) is 7.63. The normalized spacial score (nSPS) is 16.9. The Balaban J connectivity index is 1.44. The zero-order valence-electron chi connectivity index (χ0n) is 22.5. The Bertz CT molecular complexity index is 1570. The zero-order chi connectivity index (χ0) is 26.1. The van der Waals surface area contributed by atoms with Crippen LogP contribution in [0.5, 0.6) is 0 Å². The van der Waals surface area contributed by atoms with Crippen molar-refractivity contribution in [1.29, 1.82) is 0 Å². The van der Waals surface area contributed by atoms with Crippen molar-refractivity contribution in [3.8, 4) is 5.82 Å². The second-order valence-corrected chi connectivity index (χ2v) is 12.1. The number of hydrogen-bond donors (Lipinski definition) is 1. The summed E-state index contributed by atoms with van der Waals surface area (Å²) in [6.07, 6.45) is 4.17. The lowest BCUT2D eigenvalue weighted by Gasteiger charge is -2.32. The first-order valence-corrected chi connectivity index (χ1v) is 13.1. The Labute approximate surface area is 217 Å². The molecule has 0 atom stereocenters. The van der Waals surface area contributed by atoms with Gasteiger partial charge < -0.3 is 10.2 Å². The summed E-state index contributed by atoms with van der Waals surface area (Å²) >= 11 is 0. The molecule has 4 aromatic rings. The van der Waals surface area contributed by atoms with Crippen molar-refractivity contribution in [2.45, 2.75) is 70.9 Å². The van der Waals surface area contributed by atoms with E-state index in [0.29, 0.717) is 28.2 Å². The van der Waals surface area contributed by atoms with Crippen LogP contribution in [-0.4, -0.2) is 42.8 Å². The average Bonchev–Trinajstić information content (AvgIpc) is 3.53. The summed E-state index contributed by atoms with van der Waals surface area (Å²) in [6, 6.07) is 12.5. The predicted molar refractivity (Wildman–Crippen MR) is 147 cm³/mol. The molecule has 1 fully saturated rings. The van der Waals surface area contributed by atoms with E-state index in [1.54, 1.807) is 10.9 Å². The van der Waals surface area contributed by atoms with Gasteiger partial charge in [0.1, 0.15) is 5.39 Å². The highest BCUT2D eigenvalue weighted by molar-refractivity contribution is 5.77. The van der Waals surface area contributed by atoms with Gasteiger partial charge in [-0.3, -0.25) is 4.79 Å². The van der Waals surface area contributed by atoms with Crippen LogP contribution in [0, 0.1) is 0 Å². The minimum absolute atomic E-state index is 0.0782. The minimum Gasteiger partial charge on any atom is -0.324 e. The van der Waals surface area contributed by atoms with E-state index in [-0.39, 0.29) is 17.0 Å². The minimum atomic E-state index is -0.122. The first kappa shape index (κ1) is 23.9. The van der Waals surface area contributed by atoms with Crippen molar-refractivity contribution in [3.63, 3.8) is 0 Å². The Morgan fingerprint density at radius 1 is 1.08 bits per heavy atom. The molecular weight excluding hydrogens is 462 g/mol. The van der Waals surface area contributed by atoms with Gasteiger partial charge in [-0.25, -0.2) is 19.3 Å². The van der Waals surface area contributed by atoms with Crippen molar-refractivity contribution in [2.75, 3.05) is 18.9 Å². The molecule has 8 nitrogen and oxygen atoms in total. The fraction of sp³-hybridized carbons (Fsp3) is 0.448. The van der Waals surface area contributed by atoms with Gasteiger partial charge >= 0.3 is 0 Å². The maximum atomic E-state index is 13.4. The molecule has 192 valence electrons. The standard InChI is InChI=1S/C29H35N7O/c1-18(2)35-26(37)21-15-30-27(33-25(21)36(35)24-9-7-8-23(32-24)28(3,4)5)31-20-10-11-22-19(14-20)16-34(6)17-29(22)12-13-29/h7-11,14-15,18H,12-13,16-17H2,1-6H3,(H,30,31,33). The Kier molecular flexibility index (Phi) is 5.32. The van der Waals surface area contributed by atoms with Crippen molar-refractivity contribution in [3.05, 3.63) is 69.8 Å². The molecule has 1 aliphatic carbocycles. The van der Waals surface area contributed by atoms with Gasteiger partial charge in [0.05, 0.1) is 0 Å². The van der Waals surface area contributed by atoms with Crippen molar-refractivity contribution >= 4 is 22.7 Å². The number of aromatic nitrogens is 5. The average molecular weight is 498 g/mol. The Morgan fingerprint density at radius 3 is 2.57 bits per heavy atom. The van der Waals surface area contributed by atoms with Crippen LogP contribution < -0.4 is 10.9 Å². The van der Waals surface area contributed by atoms with E-state index < -0.39 is 0 Å². The van der Waals surface area contributed by atoms with Crippen molar-refractivity contribution in [1.82, 2.24) is 29.2 Å². The van der Waals surface area contributed by atoms with Gasteiger partial charge in [-0.2, -0.15) is 4.98 Å². The first-order valence-electron chi connectivity index (χ1n) is 13.1. The van der Waals surface area contributed by atoms with Crippen LogP contribution in [0.4, 0.5) is 11.6 Å². The first-order chi connectivity index (χ1) is 17.6. The Hall–Kier alpha value is -3.52. The molecule has 1 N–H and O–H groups in total. The number of benzene rings is 1. The number of pyridine rings is 1. The highest BCUT2D eigenvalue weighted by Gasteiger charge is 2.48. The SMILES string of the molecule is CC(C)n1c(=O)c2cnc(Nc3ccc4c(c3)CN(C)CC43CC3)nc2n1-c1cccc(C(C)(C)C)n1. The molecule has 1 aromatic carbocycles. The molecule has 0 bridgehead atoms. The van der Waals surface area contributed by atoms with E-state index in [0.717, 1.165) is 24.5 Å². The lowest BCUT2D eigenvalue weighted by molar-refractivity contribution is 0.271. The molecule has 6 rings (SSSR count). The van der Waals surface area contributed by atoms with E-state index in [1.807, 2.05) is 36.7 Å². The fourth-order valence-corrected chi connectivity index (χ4v) is 5.68. The topological polar surface area (TPSA) is 80.9 Å². The lowest BCUT2D eigenvalue weighted by atomic mass is 9.87. The molecule has 0 saturated heterocycles. The largest absolute Gasteiger partial charge is 0.324 e. The zero-order valence-corrected chi connectivity index (χ0v) is 22.5. The smallest absolute Gasteiger partial charge is 0.278 e. The highest BCUT2D eigenvalue weighted by Crippen LogP contribution is 2.52. The third kappa shape index (κ3) is 4.03. The number of likely N-dealkylation sites (N-methyl/N-ethyl adjacent to an activating group) is 1. The van der Waals surface area contributed by atoms with E-state index in [2.05, 4.69) is 61.2 Å². The maximum Gasteiger partial charge on any atom is 0.278 e. The van der Waals surface area contributed by atoms with Crippen LogP contribution >= 0.6 is 0 Å². The molecule has 1 saturated carbocycles. The van der Waals surface area contributed by atoms with Gasteiger partial charge in [0.15, 0.2) is 11.5 Å². The second kappa shape index (κ2) is 8.25. The molecule has 0 amide bonds. The van der Waals surface area contributed by atoms with E-state index >= 15 is 0 Å². The Morgan fingerprint density at radius 2 is 1.86 bits per heavy atom. The third-order valence-electron chi connectivity index (χ3n) is 7.63. The molecule has 8 heteroatoms. The molecule has 37 heavy (non-hydrogen) atoms. The van der Waals surface area contributed by atoms with Crippen LogP contribution in [0.3, 0.4) is 0 Å². The summed E-state index contributed by atoms with van der Waals surface area (Å²) in [5.74, 6) is 1.13. The van der Waals surface area contributed by atoms with E-state index in [9.17, 15) is 4.79 Å². The highest BCUT2D eigenvalue weighted by atomic mass is 16.1. The van der Waals surface area contributed by atoms with Gasteiger partial charge in [0.25, 0.3) is 5.56 Å². The quantitative estimate of drug-likeness (QED) is 0.424. The van der Waals surface area contributed by atoms with Crippen LogP contribution in [0.1, 0.15) is 70.3 Å². The van der Waals surface area contributed by atoms with Crippen molar-refractivity contribution < 1.29 is 0 Å². The monoisotopic (exact) mass is 497 g/mol. The molecule has 2 aliphatic rings. The van der Waals surface area contributed by atoms with Gasteiger partial charge in [-0.1, -0.05) is 32.9 Å². The number of hydrogen-bond acceptors (Lipinski definition) is 6. The number of rotatable bonds is 4. The summed E-state index contributed by atoms with van der Waals surface area (Å²) in [4.78, 5) is 30.1. The predicted octanol–water partition coefficient (Wildman–Crippen LogP) is 5.08. The number of nitrogens with zero attached hydrogens (tertiary/aromatic N) is 6. The fourth-order valence-electron chi connectivity index (χ4n) is 5.68. The summed E-state index contributed by atoms with van der Waals surface area (Å²) in [7, 11) is 2.20. The van der Waals surface area contributed by atoms with Crippen LogP contribution in [0.25, 0.3) is 16.9 Å². The number of fused-ring (bicyclic) bond motifs is 3. The maximum absolute atomic E-state index is 13.4. The molecule has 4 heterocycles. The van der Waals surface area contributed by atoms with Gasteiger partial charge in [0, 0.05) is 47.5 Å². The van der Waals surface area contributed by atoms with Gasteiger partial charge in [0.2, 0.25) is 5.95 Å². The van der Waals surface area contributed by atoms with Crippen LogP contribution in [-0.2, 0) is 17.4 Å². The summed E-state index contributed by atoms with van der Waals surface area (Å²) < 4.78 is 3.55. The summed E-state index contributed by atoms with van der Waals surface area (Å²) in [6.45, 7) is 12.5. The van der Waals surface area contributed by atoms with Crippen molar-refractivity contribution in [2.24, 2.45) is 0 Å². The lowest BCUT2D eigenvalue weighted by Crippen LogP contribution is -2.35. The molecular formula is C29H35N7O. The van der Waals surface area contributed by atoms with Crippen LogP contribution in [0.2, 0.25) is 0 Å². The molecule has 1 aliphatic heterocycles. The summed E-state index contributed by atoms with van der Waals surface area (Å²) in [5, 5.41) is 3.87. The number of nitrogens with one attached hydrogen (secondary N) is 1. The van der Waals surface area contributed by atoms with Gasteiger partial charge in [-0.05, 0) is 69.1 Å². The molecule has 0 unspecified atom stereocenters. The van der Waals surface area contributed by atoms with E-state index in [4.69, 9.17) is 9.97 Å². The number of anilines is 2. The summed E-state index contributed by atoms with van der Waals surface area (Å²) in [5.41, 5.74) is 5.41. The molecule has 0 radical (unpaired) electrons. The van der Waals surface area contributed by atoms with E-state index in [1.165, 1.54) is 24.0 Å². The molecule has 3 aromatic heterocycles. The van der Waals surface area contributed by atoms with Gasteiger partial charge in [-0.15, -0.1) is 0 Å². The second-order valence-electron chi connectivity index (χ2n) is 12.1. The van der Waals surface area contributed by atoms with Crippen LogP contribution in [0.15, 0.2) is 47.4 Å². The molecule has 1 spiro atoms.